The monoisotopic (exact) mass is 432 g/mol. The van der Waals surface area contributed by atoms with E-state index in [0.29, 0.717) is 6.42 Å². The van der Waals surface area contributed by atoms with E-state index in [0.717, 1.165) is 64.2 Å². The maximum absolute atomic E-state index is 10.2. The highest BCUT2D eigenvalue weighted by Gasteiger charge is 1.98. The molecule has 6 heteroatoms. The van der Waals surface area contributed by atoms with Crippen LogP contribution in [-0.4, -0.2) is 38.7 Å². The van der Waals surface area contributed by atoms with E-state index in [1.165, 1.54) is 44.9 Å². The van der Waals surface area contributed by atoms with Crippen molar-refractivity contribution in [3.8, 4) is 0 Å². The van der Waals surface area contributed by atoms with Crippen molar-refractivity contribution in [3.05, 3.63) is 0 Å². The van der Waals surface area contributed by atoms with Crippen molar-refractivity contribution >= 4 is 11.9 Å². The first-order valence-electron chi connectivity index (χ1n) is 12.2. The van der Waals surface area contributed by atoms with Crippen molar-refractivity contribution in [3.63, 3.8) is 0 Å². The van der Waals surface area contributed by atoms with Gasteiger partial charge in [-0.15, -0.1) is 0 Å². The fourth-order valence-corrected chi connectivity index (χ4v) is 3.25. The molecule has 0 aliphatic carbocycles. The third-order valence-corrected chi connectivity index (χ3v) is 5.10. The molecular weight excluding hydrogens is 384 g/mol. The smallest absolute Gasteiger partial charge is 0.303 e. The Hall–Kier alpha value is -1.14. The van der Waals surface area contributed by atoms with Gasteiger partial charge in [-0.1, -0.05) is 96.8 Å². The van der Waals surface area contributed by atoms with E-state index in [1.807, 2.05) is 0 Å². The van der Waals surface area contributed by atoms with Gasteiger partial charge >= 0.3 is 11.9 Å². The zero-order chi connectivity index (χ0) is 22.9. The first kappa shape index (κ1) is 31.0. The summed E-state index contributed by atoms with van der Waals surface area (Å²) in [6, 6.07) is 0. The molecule has 0 radical (unpaired) electrons. The molecule has 0 aromatic carbocycles. The van der Waals surface area contributed by atoms with E-state index in [-0.39, 0.29) is 12.8 Å². The van der Waals surface area contributed by atoms with Crippen molar-refractivity contribution < 1.29 is 30.0 Å². The molecule has 0 atom stereocenters. The standard InChI is InChI=1S/C12H22O4.C12H26O2/c13-11(14)9-7-5-3-1-2-4-6-8-10-12(15)16;1-2-3-4-5-6-7-8-9-10-11-12(13)14/h1-10H2,(H,13,14)(H,15,16);12-14H,2-11H2,1H3. The Kier molecular flexibility index (Phi) is 26.8. The zero-order valence-electron chi connectivity index (χ0n) is 19.3. The van der Waals surface area contributed by atoms with Gasteiger partial charge in [-0.3, -0.25) is 9.59 Å². The van der Waals surface area contributed by atoms with Crippen molar-refractivity contribution in [2.24, 2.45) is 0 Å². The van der Waals surface area contributed by atoms with Crippen LogP contribution < -0.4 is 0 Å². The van der Waals surface area contributed by atoms with Crippen LogP contribution in [0, 0.1) is 0 Å². The topological polar surface area (TPSA) is 115 Å². The molecule has 0 spiro atoms. The second kappa shape index (κ2) is 25.9. The van der Waals surface area contributed by atoms with Crippen LogP contribution in [0.3, 0.4) is 0 Å². The maximum atomic E-state index is 10.2. The van der Waals surface area contributed by atoms with E-state index in [4.69, 9.17) is 20.4 Å². The number of carbonyl (C=O) groups is 2. The predicted octanol–water partition coefficient (Wildman–Crippen LogP) is 6.27. The summed E-state index contributed by atoms with van der Waals surface area (Å²) in [4.78, 5) is 20.4. The van der Waals surface area contributed by atoms with Gasteiger partial charge in [-0.25, -0.2) is 0 Å². The maximum Gasteiger partial charge on any atom is 0.303 e. The Balaban J connectivity index is 0. The lowest BCUT2D eigenvalue weighted by Gasteiger charge is -2.03. The molecule has 0 heterocycles. The summed E-state index contributed by atoms with van der Waals surface area (Å²) in [5.74, 6) is -1.43. The van der Waals surface area contributed by atoms with Gasteiger partial charge in [0.25, 0.3) is 0 Å². The first-order valence-corrected chi connectivity index (χ1v) is 12.2. The molecule has 0 saturated heterocycles. The van der Waals surface area contributed by atoms with Crippen molar-refractivity contribution in [2.45, 2.75) is 142 Å². The number of aliphatic carboxylic acids is 2. The normalized spacial score (nSPS) is 10.7. The predicted molar refractivity (Wildman–Crippen MR) is 122 cm³/mol. The largest absolute Gasteiger partial charge is 0.481 e. The molecule has 0 aliphatic heterocycles. The Morgan fingerprint density at radius 1 is 0.533 bits per heavy atom. The zero-order valence-corrected chi connectivity index (χ0v) is 19.3. The molecule has 6 nitrogen and oxygen atoms in total. The molecular formula is C24H48O6. The fraction of sp³-hybridized carbons (Fsp3) is 0.917. The van der Waals surface area contributed by atoms with E-state index in [2.05, 4.69) is 6.92 Å². The van der Waals surface area contributed by atoms with Gasteiger partial charge in [0.2, 0.25) is 0 Å². The Morgan fingerprint density at radius 3 is 1.13 bits per heavy atom. The van der Waals surface area contributed by atoms with E-state index in [9.17, 15) is 9.59 Å². The molecule has 4 N–H and O–H groups in total. The van der Waals surface area contributed by atoms with E-state index in [1.54, 1.807) is 0 Å². The third kappa shape index (κ3) is 34.4. The number of aliphatic hydroxyl groups excluding tert-OH is 1. The molecule has 0 fully saturated rings. The van der Waals surface area contributed by atoms with Gasteiger partial charge in [0, 0.05) is 12.8 Å². The van der Waals surface area contributed by atoms with Gasteiger partial charge in [-0.05, 0) is 25.7 Å². The van der Waals surface area contributed by atoms with Crippen molar-refractivity contribution in [1.29, 1.82) is 0 Å². The molecule has 0 aliphatic rings. The van der Waals surface area contributed by atoms with Crippen LogP contribution in [0.25, 0.3) is 0 Å². The Morgan fingerprint density at radius 2 is 0.833 bits per heavy atom. The number of rotatable bonds is 21. The summed E-state index contributed by atoms with van der Waals surface area (Å²) in [6.07, 6.45) is 19.4. The summed E-state index contributed by atoms with van der Waals surface area (Å²) in [5.41, 5.74) is 0. The molecule has 0 unspecified atom stereocenters. The summed E-state index contributed by atoms with van der Waals surface area (Å²) in [5, 5.41) is 34.0. The van der Waals surface area contributed by atoms with Gasteiger partial charge in [0.05, 0.1) is 0 Å². The lowest BCUT2D eigenvalue weighted by atomic mass is 10.1. The number of unbranched alkanes of at least 4 members (excludes halogenated alkanes) is 15. The van der Waals surface area contributed by atoms with Crippen molar-refractivity contribution in [2.75, 3.05) is 0 Å². The fourth-order valence-electron chi connectivity index (χ4n) is 3.25. The second-order valence-corrected chi connectivity index (χ2v) is 8.21. The SMILES string of the molecule is CCCCCCCCCCCC(O)O.O=C(O)CCCCCCCCCCC(=O)O. The highest BCUT2D eigenvalue weighted by Crippen LogP contribution is 2.11. The van der Waals surface area contributed by atoms with Crippen LogP contribution in [-0.2, 0) is 9.59 Å². The molecule has 0 bridgehead atoms. The lowest BCUT2D eigenvalue weighted by molar-refractivity contribution is -0.138. The van der Waals surface area contributed by atoms with Gasteiger partial charge in [0.15, 0.2) is 6.29 Å². The van der Waals surface area contributed by atoms with Gasteiger partial charge < -0.3 is 20.4 Å². The van der Waals surface area contributed by atoms with Gasteiger partial charge in [0.1, 0.15) is 0 Å². The molecule has 0 amide bonds. The molecule has 0 aromatic rings. The Bertz CT molecular complexity index is 349. The molecule has 30 heavy (non-hydrogen) atoms. The number of hydrogen-bond donors (Lipinski definition) is 4. The quantitative estimate of drug-likeness (QED) is 0.125. The summed E-state index contributed by atoms with van der Waals surface area (Å²) >= 11 is 0. The van der Waals surface area contributed by atoms with Crippen LogP contribution in [0.4, 0.5) is 0 Å². The van der Waals surface area contributed by atoms with E-state index < -0.39 is 18.2 Å². The van der Waals surface area contributed by atoms with Crippen LogP contribution in [0.2, 0.25) is 0 Å². The number of carboxylic acid groups (broad SMARTS) is 2. The highest BCUT2D eigenvalue weighted by molar-refractivity contribution is 5.66. The number of hydrogen-bond acceptors (Lipinski definition) is 4. The van der Waals surface area contributed by atoms with Crippen molar-refractivity contribution in [1.82, 2.24) is 0 Å². The van der Waals surface area contributed by atoms with Crippen LogP contribution in [0.15, 0.2) is 0 Å². The summed E-state index contributed by atoms with van der Waals surface area (Å²) in [7, 11) is 0. The number of carboxylic acids is 2. The average Bonchev–Trinajstić information content (AvgIpc) is 2.68. The molecule has 0 rings (SSSR count). The lowest BCUT2D eigenvalue weighted by Crippen LogP contribution is -2.02. The summed E-state index contributed by atoms with van der Waals surface area (Å²) in [6.45, 7) is 2.24. The molecule has 0 aromatic heterocycles. The minimum atomic E-state index is -1.10. The van der Waals surface area contributed by atoms with Crippen LogP contribution in [0.5, 0.6) is 0 Å². The Labute approximate surface area is 184 Å². The molecule has 180 valence electrons. The van der Waals surface area contributed by atoms with Crippen LogP contribution >= 0.6 is 0 Å². The minimum absolute atomic E-state index is 0.276. The average molecular weight is 433 g/mol. The van der Waals surface area contributed by atoms with E-state index >= 15 is 0 Å². The van der Waals surface area contributed by atoms with Gasteiger partial charge in [-0.2, -0.15) is 0 Å². The number of aliphatic hydroxyl groups is 2. The third-order valence-electron chi connectivity index (χ3n) is 5.10. The highest BCUT2D eigenvalue weighted by atomic mass is 16.5. The minimum Gasteiger partial charge on any atom is -0.481 e. The van der Waals surface area contributed by atoms with Crippen LogP contribution in [0.1, 0.15) is 135 Å². The second-order valence-electron chi connectivity index (χ2n) is 8.21. The summed E-state index contributed by atoms with van der Waals surface area (Å²) < 4.78 is 0. The molecule has 0 saturated carbocycles. The first-order chi connectivity index (χ1) is 14.4.